The summed E-state index contributed by atoms with van der Waals surface area (Å²) in [5.41, 5.74) is 1.09. The van der Waals surface area contributed by atoms with Crippen molar-refractivity contribution in [3.8, 4) is 5.75 Å². The lowest BCUT2D eigenvalue weighted by molar-refractivity contribution is 0.0523. The van der Waals surface area contributed by atoms with Crippen LogP contribution in [0, 0.1) is 0 Å². The van der Waals surface area contributed by atoms with E-state index < -0.39 is 11.9 Å². The number of aromatic nitrogens is 3. The van der Waals surface area contributed by atoms with E-state index >= 15 is 0 Å². The van der Waals surface area contributed by atoms with Crippen LogP contribution < -0.4 is 15.8 Å². The Labute approximate surface area is 213 Å². The fraction of sp³-hybridized carbons (Fsp3) is 0.321. The van der Waals surface area contributed by atoms with Crippen LogP contribution in [0.3, 0.4) is 0 Å². The third-order valence-corrected chi connectivity index (χ3v) is 6.69. The third-order valence-electron chi connectivity index (χ3n) is 6.69. The summed E-state index contributed by atoms with van der Waals surface area (Å²) in [5, 5.41) is 0.269. The van der Waals surface area contributed by atoms with E-state index in [1.807, 2.05) is 10.6 Å². The summed E-state index contributed by atoms with van der Waals surface area (Å²) in [6, 6.07) is 13.4. The number of benzene rings is 1. The van der Waals surface area contributed by atoms with Gasteiger partial charge in [0.2, 0.25) is 0 Å². The zero-order valence-electron chi connectivity index (χ0n) is 20.8. The van der Waals surface area contributed by atoms with Crippen LogP contribution in [0.4, 0.5) is 0 Å². The molecule has 3 aromatic heterocycles. The highest BCUT2D eigenvalue weighted by molar-refractivity contribution is 5.97. The Morgan fingerprint density at radius 1 is 1.08 bits per heavy atom. The minimum absolute atomic E-state index is 0.0611. The number of hydrogen-bond donors (Lipinski definition) is 0. The summed E-state index contributed by atoms with van der Waals surface area (Å²) >= 11 is 0. The molecule has 0 unspecified atom stereocenters. The number of amides is 1. The van der Waals surface area contributed by atoms with Gasteiger partial charge in [0.15, 0.2) is 5.49 Å². The largest absolute Gasteiger partial charge is 0.497 e. The lowest BCUT2D eigenvalue weighted by atomic mass is 9.94. The second-order valence-corrected chi connectivity index (χ2v) is 9.00. The number of carbonyl (C=O) groups is 2. The highest BCUT2D eigenvalue weighted by atomic mass is 16.5. The fourth-order valence-corrected chi connectivity index (χ4v) is 4.92. The first kappa shape index (κ1) is 24.4. The van der Waals surface area contributed by atoms with Crippen LogP contribution in [0.1, 0.15) is 65.8 Å². The SMILES string of the molecule is CCOC(=O)c1cc2c(=O)n3ccccc3nc2n(C2CCCCC2)c1=NC(=O)c1cccc(OC)c1. The molecule has 0 radical (unpaired) electrons. The molecule has 1 aliphatic carbocycles. The first-order valence-corrected chi connectivity index (χ1v) is 12.5. The molecule has 1 saturated carbocycles. The molecule has 0 aliphatic heterocycles. The molecule has 4 aromatic rings. The van der Waals surface area contributed by atoms with Gasteiger partial charge < -0.3 is 14.0 Å². The lowest BCUT2D eigenvalue weighted by Crippen LogP contribution is -2.35. The van der Waals surface area contributed by atoms with E-state index in [4.69, 9.17) is 14.5 Å². The number of methoxy groups -OCH3 is 1. The summed E-state index contributed by atoms with van der Waals surface area (Å²) < 4.78 is 13.9. The third kappa shape index (κ3) is 4.64. The molecule has 1 aromatic carbocycles. The minimum Gasteiger partial charge on any atom is -0.497 e. The number of pyridine rings is 2. The average Bonchev–Trinajstić information content (AvgIpc) is 2.93. The van der Waals surface area contributed by atoms with Gasteiger partial charge in [0.1, 0.15) is 22.6 Å². The van der Waals surface area contributed by atoms with Crippen LogP contribution in [-0.2, 0) is 4.74 Å². The van der Waals surface area contributed by atoms with E-state index in [0.29, 0.717) is 22.6 Å². The number of hydrogen-bond acceptors (Lipinski definition) is 6. The molecule has 3 heterocycles. The maximum absolute atomic E-state index is 13.5. The summed E-state index contributed by atoms with van der Waals surface area (Å²) in [6.07, 6.45) is 6.34. The van der Waals surface area contributed by atoms with Gasteiger partial charge in [0.25, 0.3) is 11.5 Å². The molecule has 0 N–H and O–H groups in total. The molecule has 1 aliphatic rings. The Kier molecular flexibility index (Phi) is 6.85. The molecule has 5 rings (SSSR count). The number of esters is 1. The normalized spacial score (nSPS) is 14.7. The molecule has 0 spiro atoms. The lowest BCUT2D eigenvalue weighted by Gasteiger charge is -2.27. The molecule has 1 fully saturated rings. The Hall–Kier alpha value is -4.27. The van der Waals surface area contributed by atoms with Crippen LogP contribution >= 0.6 is 0 Å². The Morgan fingerprint density at radius 2 is 1.89 bits per heavy atom. The van der Waals surface area contributed by atoms with E-state index in [-0.39, 0.29) is 34.6 Å². The van der Waals surface area contributed by atoms with E-state index in [1.54, 1.807) is 49.5 Å². The summed E-state index contributed by atoms with van der Waals surface area (Å²) in [7, 11) is 1.52. The van der Waals surface area contributed by atoms with Crippen LogP contribution in [0.25, 0.3) is 16.7 Å². The molecular weight excluding hydrogens is 472 g/mol. The van der Waals surface area contributed by atoms with Crippen molar-refractivity contribution in [2.75, 3.05) is 13.7 Å². The van der Waals surface area contributed by atoms with Crippen molar-refractivity contribution in [3.05, 3.63) is 81.7 Å². The number of rotatable bonds is 5. The van der Waals surface area contributed by atoms with Gasteiger partial charge in [-0.3, -0.25) is 14.0 Å². The quantitative estimate of drug-likeness (QED) is 0.302. The van der Waals surface area contributed by atoms with Crippen molar-refractivity contribution in [2.24, 2.45) is 4.99 Å². The molecular formula is C28H28N4O5. The molecule has 9 heteroatoms. The molecule has 190 valence electrons. The minimum atomic E-state index is -0.649. The maximum atomic E-state index is 13.5. The van der Waals surface area contributed by atoms with Gasteiger partial charge in [-0.1, -0.05) is 31.4 Å². The standard InChI is InChI=1S/C28H28N4O5/c1-3-37-28(35)22-17-21-24(29-23-14-7-8-15-31(23)27(21)34)32(19-11-5-4-6-12-19)25(22)30-26(33)18-10-9-13-20(16-18)36-2/h7-10,13-17,19H,3-6,11-12H2,1-2H3. The Morgan fingerprint density at radius 3 is 2.65 bits per heavy atom. The predicted molar refractivity (Wildman–Crippen MR) is 138 cm³/mol. The number of ether oxygens (including phenoxy) is 2. The number of nitrogens with zero attached hydrogens (tertiary/aromatic N) is 4. The first-order valence-electron chi connectivity index (χ1n) is 12.5. The zero-order valence-corrected chi connectivity index (χ0v) is 20.8. The topological polar surface area (TPSA) is 104 Å². The van der Waals surface area contributed by atoms with Crippen molar-refractivity contribution in [3.63, 3.8) is 0 Å². The Bertz CT molecular complexity index is 1630. The second-order valence-electron chi connectivity index (χ2n) is 9.00. The summed E-state index contributed by atoms with van der Waals surface area (Å²) in [4.78, 5) is 49.4. The monoisotopic (exact) mass is 500 g/mol. The van der Waals surface area contributed by atoms with Gasteiger partial charge in [-0.2, -0.15) is 4.99 Å². The van der Waals surface area contributed by atoms with Crippen molar-refractivity contribution >= 4 is 28.6 Å². The fourth-order valence-electron chi connectivity index (χ4n) is 4.92. The van der Waals surface area contributed by atoms with Gasteiger partial charge in [0.05, 0.1) is 19.1 Å². The predicted octanol–water partition coefficient (Wildman–Crippen LogP) is 4.08. The van der Waals surface area contributed by atoms with Gasteiger partial charge in [-0.25, -0.2) is 9.78 Å². The van der Waals surface area contributed by atoms with Crippen molar-refractivity contribution in [1.29, 1.82) is 0 Å². The van der Waals surface area contributed by atoms with Crippen LogP contribution in [0.15, 0.2) is 64.5 Å². The van der Waals surface area contributed by atoms with Crippen molar-refractivity contribution in [1.82, 2.24) is 14.0 Å². The van der Waals surface area contributed by atoms with Gasteiger partial charge in [-0.05, 0) is 56.2 Å². The molecule has 1 amide bonds. The van der Waals surface area contributed by atoms with Crippen LogP contribution in [0.5, 0.6) is 5.75 Å². The highest BCUT2D eigenvalue weighted by Gasteiger charge is 2.25. The maximum Gasteiger partial charge on any atom is 0.341 e. The van der Waals surface area contributed by atoms with Crippen molar-refractivity contribution in [2.45, 2.75) is 45.1 Å². The van der Waals surface area contributed by atoms with E-state index in [0.717, 1.165) is 32.1 Å². The molecule has 0 atom stereocenters. The van der Waals surface area contributed by atoms with E-state index in [1.165, 1.54) is 17.6 Å². The zero-order chi connectivity index (χ0) is 25.9. The average molecular weight is 501 g/mol. The van der Waals surface area contributed by atoms with Crippen LogP contribution in [-0.4, -0.2) is 39.5 Å². The molecule has 9 nitrogen and oxygen atoms in total. The number of carbonyl (C=O) groups excluding carboxylic acids is 2. The summed E-state index contributed by atoms with van der Waals surface area (Å²) in [5.74, 6) is -0.666. The highest BCUT2D eigenvalue weighted by Crippen LogP contribution is 2.29. The van der Waals surface area contributed by atoms with E-state index in [2.05, 4.69) is 4.99 Å². The van der Waals surface area contributed by atoms with Crippen LogP contribution in [0.2, 0.25) is 0 Å². The van der Waals surface area contributed by atoms with Gasteiger partial charge in [0, 0.05) is 17.8 Å². The number of fused-ring (bicyclic) bond motifs is 2. The van der Waals surface area contributed by atoms with Gasteiger partial charge in [-0.15, -0.1) is 0 Å². The smallest absolute Gasteiger partial charge is 0.341 e. The van der Waals surface area contributed by atoms with Crippen molar-refractivity contribution < 1.29 is 19.1 Å². The summed E-state index contributed by atoms with van der Waals surface area (Å²) in [6.45, 7) is 1.84. The first-order chi connectivity index (χ1) is 18.0. The Balaban J connectivity index is 1.88. The van der Waals surface area contributed by atoms with Gasteiger partial charge >= 0.3 is 5.97 Å². The van der Waals surface area contributed by atoms with E-state index in [9.17, 15) is 14.4 Å². The second kappa shape index (κ2) is 10.4. The molecule has 37 heavy (non-hydrogen) atoms. The molecule has 0 saturated heterocycles. The molecule has 0 bridgehead atoms.